The van der Waals surface area contributed by atoms with Crippen molar-refractivity contribution in [1.29, 1.82) is 0 Å². The van der Waals surface area contributed by atoms with Crippen LogP contribution < -0.4 is 5.32 Å². The van der Waals surface area contributed by atoms with E-state index >= 15 is 0 Å². The number of nitrogens with one attached hydrogen (secondary N) is 2. The van der Waals surface area contributed by atoms with E-state index in [-0.39, 0.29) is 11.8 Å². The molecule has 8 heteroatoms. The first-order valence-corrected chi connectivity index (χ1v) is 6.76. The van der Waals surface area contributed by atoms with E-state index in [1.165, 1.54) is 6.33 Å². The first-order valence-electron chi connectivity index (χ1n) is 5.71. The Bertz CT molecular complexity index is 489. The van der Waals surface area contributed by atoms with Crippen molar-refractivity contribution >= 4 is 11.8 Å². The summed E-state index contributed by atoms with van der Waals surface area (Å²) >= 11 is 0.549. The lowest BCUT2D eigenvalue weighted by Crippen LogP contribution is -2.18. The van der Waals surface area contributed by atoms with E-state index < -0.39 is 5.76 Å². The quantitative estimate of drug-likeness (QED) is 0.820. The maximum absolute atomic E-state index is 12.0. The Morgan fingerprint density at radius 3 is 2.89 bits per heavy atom. The summed E-state index contributed by atoms with van der Waals surface area (Å²) in [6, 6.07) is 3.50. The Kier molecular flexibility index (Phi) is 4.92. The van der Waals surface area contributed by atoms with Crippen molar-refractivity contribution < 1.29 is 13.2 Å². The zero-order valence-electron chi connectivity index (χ0n) is 10.3. The van der Waals surface area contributed by atoms with Crippen LogP contribution in [0.2, 0.25) is 0 Å². The average Bonchev–Trinajstić information content (AvgIpc) is 3.04. The second kappa shape index (κ2) is 6.67. The van der Waals surface area contributed by atoms with Gasteiger partial charge in [0.2, 0.25) is 0 Å². The van der Waals surface area contributed by atoms with Gasteiger partial charge in [0.15, 0.2) is 0 Å². The van der Waals surface area contributed by atoms with Crippen molar-refractivity contribution in [1.82, 2.24) is 20.5 Å². The Hall–Kier alpha value is -1.41. The molecule has 0 amide bonds. The highest BCUT2D eigenvalue weighted by atomic mass is 32.2. The molecular weight excluding hydrogens is 274 g/mol. The van der Waals surface area contributed by atoms with Gasteiger partial charge in [-0.05, 0) is 19.1 Å². The molecule has 2 aromatic heterocycles. The fourth-order valence-corrected chi connectivity index (χ4v) is 1.96. The van der Waals surface area contributed by atoms with E-state index in [1.807, 2.05) is 6.92 Å². The number of H-pyrrole nitrogens is 1. The summed E-state index contributed by atoms with van der Waals surface area (Å²) < 4.78 is 29.5. The van der Waals surface area contributed by atoms with Gasteiger partial charge in [0, 0.05) is 0 Å². The smallest absolute Gasteiger partial charge is 0.284 e. The standard InChI is InChI=1S/C11H14F2N4OS/c1-7(10-15-6-16-17-10)14-4-8-2-3-9(18-8)5-19-11(12)13/h2-3,6-7,11,14H,4-5H2,1H3,(H,15,16,17). The minimum atomic E-state index is -2.38. The fraction of sp³-hybridized carbons (Fsp3) is 0.455. The Labute approximate surface area is 113 Å². The molecule has 0 aromatic carbocycles. The summed E-state index contributed by atoms with van der Waals surface area (Å²) in [5.74, 6) is -0.209. The summed E-state index contributed by atoms with van der Waals surface area (Å²) in [6.07, 6.45) is 1.44. The van der Waals surface area contributed by atoms with Crippen molar-refractivity contribution in [3.05, 3.63) is 35.8 Å². The lowest BCUT2D eigenvalue weighted by Gasteiger charge is -2.08. The molecule has 1 unspecified atom stereocenters. The van der Waals surface area contributed by atoms with Crippen LogP contribution in [0, 0.1) is 0 Å². The van der Waals surface area contributed by atoms with Crippen LogP contribution in [0.4, 0.5) is 8.78 Å². The van der Waals surface area contributed by atoms with Crippen LogP contribution in [-0.4, -0.2) is 20.9 Å². The lowest BCUT2D eigenvalue weighted by atomic mass is 10.3. The number of nitrogens with zero attached hydrogens (tertiary/aromatic N) is 2. The van der Waals surface area contributed by atoms with Crippen molar-refractivity contribution in [3.8, 4) is 0 Å². The molecule has 1 atom stereocenters. The highest BCUT2D eigenvalue weighted by Gasteiger charge is 2.10. The zero-order valence-corrected chi connectivity index (χ0v) is 11.1. The zero-order chi connectivity index (χ0) is 13.7. The number of aromatic nitrogens is 3. The monoisotopic (exact) mass is 288 g/mol. The molecule has 0 fully saturated rings. The van der Waals surface area contributed by atoms with E-state index in [1.54, 1.807) is 12.1 Å². The van der Waals surface area contributed by atoms with E-state index in [2.05, 4.69) is 20.5 Å². The van der Waals surface area contributed by atoms with Crippen molar-refractivity contribution in [2.24, 2.45) is 0 Å². The number of halogens is 2. The van der Waals surface area contributed by atoms with E-state index in [4.69, 9.17) is 4.42 Å². The number of rotatable bonds is 7. The van der Waals surface area contributed by atoms with Crippen molar-refractivity contribution in [3.63, 3.8) is 0 Å². The van der Waals surface area contributed by atoms with Crippen LogP contribution in [0.5, 0.6) is 0 Å². The molecular formula is C11H14F2N4OS. The van der Waals surface area contributed by atoms with Crippen molar-refractivity contribution in [2.75, 3.05) is 0 Å². The molecule has 0 bridgehead atoms. The first kappa shape index (κ1) is 14.0. The number of aromatic amines is 1. The molecule has 5 nitrogen and oxygen atoms in total. The minimum absolute atomic E-state index is 0.00601. The Morgan fingerprint density at radius 2 is 2.21 bits per heavy atom. The summed E-state index contributed by atoms with van der Waals surface area (Å²) in [5, 5.41) is 9.74. The predicted octanol–water partition coefficient (Wildman–Crippen LogP) is 2.70. The molecule has 19 heavy (non-hydrogen) atoms. The third kappa shape index (κ3) is 4.32. The molecule has 2 rings (SSSR count). The van der Waals surface area contributed by atoms with Gasteiger partial charge in [0.05, 0.1) is 18.3 Å². The molecule has 0 saturated carbocycles. The third-order valence-electron chi connectivity index (χ3n) is 2.50. The summed E-state index contributed by atoms with van der Waals surface area (Å²) in [5.41, 5.74) is 0. The van der Waals surface area contributed by atoms with Crippen molar-refractivity contribution in [2.45, 2.75) is 31.0 Å². The average molecular weight is 288 g/mol. The molecule has 2 N–H and O–H groups in total. The molecule has 0 aliphatic carbocycles. The Balaban J connectivity index is 1.80. The third-order valence-corrected chi connectivity index (χ3v) is 3.20. The van der Waals surface area contributed by atoms with Crippen LogP contribution in [0.1, 0.15) is 30.3 Å². The predicted molar refractivity (Wildman–Crippen MR) is 67.6 cm³/mol. The van der Waals surface area contributed by atoms with Gasteiger partial charge in [-0.3, -0.25) is 5.10 Å². The minimum Gasteiger partial charge on any atom is -0.464 e. The van der Waals surface area contributed by atoms with Crippen LogP contribution in [0.25, 0.3) is 0 Å². The second-order valence-corrected chi connectivity index (χ2v) is 4.89. The molecule has 2 heterocycles. The van der Waals surface area contributed by atoms with E-state index in [0.717, 1.165) is 5.82 Å². The lowest BCUT2D eigenvalue weighted by molar-refractivity contribution is 0.251. The molecule has 0 saturated heterocycles. The van der Waals surface area contributed by atoms with Crippen LogP contribution >= 0.6 is 11.8 Å². The van der Waals surface area contributed by atoms with Crippen LogP contribution in [0.3, 0.4) is 0 Å². The summed E-state index contributed by atoms with van der Waals surface area (Å²) in [4.78, 5) is 4.04. The topological polar surface area (TPSA) is 66.7 Å². The van der Waals surface area contributed by atoms with Crippen LogP contribution in [0.15, 0.2) is 22.9 Å². The molecule has 0 radical (unpaired) electrons. The first-order chi connectivity index (χ1) is 9.15. The normalized spacial score (nSPS) is 13.1. The highest BCUT2D eigenvalue weighted by molar-refractivity contribution is 7.98. The number of thioether (sulfide) groups is 1. The van der Waals surface area contributed by atoms with Gasteiger partial charge in [-0.2, -0.15) is 13.9 Å². The number of alkyl halides is 2. The molecule has 104 valence electrons. The highest BCUT2D eigenvalue weighted by Crippen LogP contribution is 2.21. The molecule has 0 spiro atoms. The van der Waals surface area contributed by atoms with Gasteiger partial charge in [-0.15, -0.1) is 0 Å². The fourth-order valence-electron chi connectivity index (χ4n) is 1.51. The second-order valence-electron chi connectivity index (χ2n) is 3.91. The number of furan rings is 1. The molecule has 0 aliphatic heterocycles. The molecule has 2 aromatic rings. The summed E-state index contributed by atoms with van der Waals surface area (Å²) in [7, 11) is 0. The van der Waals surface area contributed by atoms with Crippen LogP contribution in [-0.2, 0) is 12.3 Å². The largest absolute Gasteiger partial charge is 0.464 e. The van der Waals surface area contributed by atoms with E-state index in [9.17, 15) is 8.78 Å². The van der Waals surface area contributed by atoms with Gasteiger partial charge in [-0.1, -0.05) is 11.8 Å². The number of hydrogen-bond acceptors (Lipinski definition) is 5. The van der Waals surface area contributed by atoms with Gasteiger partial charge >= 0.3 is 0 Å². The van der Waals surface area contributed by atoms with Gasteiger partial charge in [0.1, 0.15) is 23.7 Å². The van der Waals surface area contributed by atoms with Gasteiger partial charge < -0.3 is 9.73 Å². The van der Waals surface area contributed by atoms with Gasteiger partial charge in [0.25, 0.3) is 5.76 Å². The van der Waals surface area contributed by atoms with Gasteiger partial charge in [-0.25, -0.2) is 4.98 Å². The maximum Gasteiger partial charge on any atom is 0.284 e. The molecule has 0 aliphatic rings. The van der Waals surface area contributed by atoms with E-state index in [0.29, 0.717) is 29.8 Å². The summed E-state index contributed by atoms with van der Waals surface area (Å²) in [6.45, 7) is 2.44. The Morgan fingerprint density at radius 1 is 1.42 bits per heavy atom. The SMILES string of the molecule is CC(NCc1ccc(CSC(F)F)o1)c1ncn[nH]1. The maximum atomic E-state index is 12.0. The number of hydrogen-bond donors (Lipinski definition) is 2.